The summed E-state index contributed by atoms with van der Waals surface area (Å²) < 4.78 is 5.62. The van der Waals surface area contributed by atoms with Crippen molar-refractivity contribution in [3.8, 4) is 5.75 Å². The van der Waals surface area contributed by atoms with Gasteiger partial charge in [0.1, 0.15) is 12.4 Å². The number of rotatable bonds is 4. The number of ether oxygens (including phenoxy) is 1. The molecule has 0 saturated carbocycles. The first kappa shape index (κ1) is 13.7. The Morgan fingerprint density at radius 3 is 2.58 bits per heavy atom. The minimum absolute atomic E-state index is 0.567. The number of likely N-dealkylation sites (tertiary alicyclic amines) is 1. The quantitative estimate of drug-likeness (QED) is 0.513. The standard InChI is InChI=1S/C15H23N3O/c1-13-5-7-14(8-6-13)19-12-9-17-15(16)18-10-3-2-4-11-18/h5-8H,2-4,9-12H2,1H3,(H2,16,17). The van der Waals surface area contributed by atoms with Gasteiger partial charge in [-0.05, 0) is 38.3 Å². The molecular weight excluding hydrogens is 238 g/mol. The van der Waals surface area contributed by atoms with Gasteiger partial charge in [0.2, 0.25) is 0 Å². The van der Waals surface area contributed by atoms with Gasteiger partial charge >= 0.3 is 0 Å². The summed E-state index contributed by atoms with van der Waals surface area (Å²) in [6.45, 7) is 5.31. The molecule has 0 unspecified atom stereocenters. The highest BCUT2D eigenvalue weighted by molar-refractivity contribution is 5.78. The molecule has 1 fully saturated rings. The molecule has 19 heavy (non-hydrogen) atoms. The smallest absolute Gasteiger partial charge is 0.191 e. The van der Waals surface area contributed by atoms with Crippen molar-refractivity contribution in [1.29, 1.82) is 0 Å². The maximum absolute atomic E-state index is 5.97. The van der Waals surface area contributed by atoms with Crippen molar-refractivity contribution in [3.63, 3.8) is 0 Å². The van der Waals surface area contributed by atoms with Crippen molar-refractivity contribution in [2.45, 2.75) is 26.2 Å². The second-order valence-corrected chi connectivity index (χ2v) is 4.95. The summed E-state index contributed by atoms with van der Waals surface area (Å²) in [5.74, 6) is 1.55. The number of aryl methyl sites for hydroxylation is 1. The van der Waals surface area contributed by atoms with Crippen LogP contribution in [-0.4, -0.2) is 37.1 Å². The van der Waals surface area contributed by atoms with Gasteiger partial charge < -0.3 is 15.4 Å². The fourth-order valence-corrected chi connectivity index (χ4v) is 2.18. The van der Waals surface area contributed by atoms with Gasteiger partial charge in [-0.2, -0.15) is 0 Å². The number of benzene rings is 1. The zero-order chi connectivity index (χ0) is 13.5. The van der Waals surface area contributed by atoms with Crippen molar-refractivity contribution < 1.29 is 4.74 Å². The average Bonchev–Trinajstić information content (AvgIpc) is 2.46. The molecule has 1 aromatic carbocycles. The van der Waals surface area contributed by atoms with E-state index in [4.69, 9.17) is 10.5 Å². The molecule has 0 aromatic heterocycles. The van der Waals surface area contributed by atoms with Gasteiger partial charge in [-0.1, -0.05) is 17.7 Å². The van der Waals surface area contributed by atoms with Crippen molar-refractivity contribution >= 4 is 5.96 Å². The van der Waals surface area contributed by atoms with Gasteiger partial charge in [-0.3, -0.25) is 0 Å². The number of nitrogens with zero attached hydrogens (tertiary/aromatic N) is 2. The fraction of sp³-hybridized carbons (Fsp3) is 0.533. The molecule has 0 spiro atoms. The Labute approximate surface area is 115 Å². The molecular formula is C15H23N3O. The first-order chi connectivity index (χ1) is 9.25. The number of hydrogen-bond acceptors (Lipinski definition) is 2. The Bertz CT molecular complexity index is 408. The third-order valence-corrected chi connectivity index (χ3v) is 3.33. The maximum atomic E-state index is 5.97. The van der Waals surface area contributed by atoms with Crippen molar-refractivity contribution in [2.75, 3.05) is 26.2 Å². The lowest BCUT2D eigenvalue weighted by atomic mass is 10.1. The molecule has 0 bridgehead atoms. The zero-order valence-electron chi connectivity index (χ0n) is 11.6. The SMILES string of the molecule is Cc1ccc(OCCN=C(N)N2CCCCC2)cc1. The molecule has 4 nitrogen and oxygen atoms in total. The third-order valence-electron chi connectivity index (χ3n) is 3.33. The summed E-state index contributed by atoms with van der Waals surface area (Å²) in [4.78, 5) is 6.54. The molecule has 0 aliphatic carbocycles. The van der Waals surface area contributed by atoms with Crippen LogP contribution >= 0.6 is 0 Å². The molecule has 1 saturated heterocycles. The van der Waals surface area contributed by atoms with E-state index in [0.29, 0.717) is 19.1 Å². The Kier molecular flexibility index (Phi) is 5.07. The second-order valence-electron chi connectivity index (χ2n) is 4.95. The summed E-state index contributed by atoms with van der Waals surface area (Å²) in [5.41, 5.74) is 7.20. The highest BCUT2D eigenvalue weighted by Crippen LogP contribution is 2.11. The first-order valence-corrected chi connectivity index (χ1v) is 7.00. The van der Waals surface area contributed by atoms with Gasteiger partial charge in [0.05, 0.1) is 6.54 Å². The van der Waals surface area contributed by atoms with Crippen LogP contribution in [0.1, 0.15) is 24.8 Å². The number of nitrogens with two attached hydrogens (primary N) is 1. The van der Waals surface area contributed by atoms with Crippen LogP contribution in [0.5, 0.6) is 5.75 Å². The molecule has 0 radical (unpaired) electrons. The Morgan fingerprint density at radius 2 is 1.89 bits per heavy atom. The molecule has 1 aliphatic heterocycles. The van der Waals surface area contributed by atoms with E-state index in [2.05, 4.69) is 16.8 Å². The van der Waals surface area contributed by atoms with Crippen molar-refractivity contribution in [3.05, 3.63) is 29.8 Å². The maximum Gasteiger partial charge on any atom is 0.191 e. The van der Waals surface area contributed by atoms with Gasteiger partial charge in [0.25, 0.3) is 0 Å². The van der Waals surface area contributed by atoms with Crippen LogP contribution in [0, 0.1) is 6.92 Å². The van der Waals surface area contributed by atoms with E-state index in [1.165, 1.54) is 24.8 Å². The van der Waals surface area contributed by atoms with Crippen molar-refractivity contribution in [1.82, 2.24) is 4.90 Å². The van der Waals surface area contributed by atoms with Gasteiger partial charge in [-0.25, -0.2) is 4.99 Å². The Balaban J connectivity index is 1.71. The number of aliphatic imine (C=N–C) groups is 1. The Hall–Kier alpha value is -1.71. The molecule has 104 valence electrons. The van der Waals surface area contributed by atoms with Crippen LogP contribution in [0.4, 0.5) is 0 Å². The van der Waals surface area contributed by atoms with E-state index >= 15 is 0 Å². The van der Waals surface area contributed by atoms with Crippen molar-refractivity contribution in [2.24, 2.45) is 10.7 Å². The number of guanidine groups is 1. The molecule has 0 atom stereocenters. The summed E-state index contributed by atoms with van der Waals surface area (Å²) in [5, 5.41) is 0. The molecule has 1 aromatic rings. The number of piperidine rings is 1. The summed E-state index contributed by atoms with van der Waals surface area (Å²) in [6.07, 6.45) is 3.74. The minimum Gasteiger partial charge on any atom is -0.492 e. The lowest BCUT2D eigenvalue weighted by Crippen LogP contribution is -2.41. The van der Waals surface area contributed by atoms with E-state index in [1.807, 2.05) is 24.3 Å². The van der Waals surface area contributed by atoms with E-state index in [1.54, 1.807) is 0 Å². The third kappa shape index (κ3) is 4.47. The van der Waals surface area contributed by atoms with Crippen LogP contribution in [-0.2, 0) is 0 Å². The summed E-state index contributed by atoms with van der Waals surface area (Å²) >= 11 is 0. The van der Waals surface area contributed by atoms with E-state index in [0.717, 1.165) is 18.8 Å². The first-order valence-electron chi connectivity index (χ1n) is 7.00. The topological polar surface area (TPSA) is 50.9 Å². The molecule has 1 aliphatic rings. The number of hydrogen-bond donors (Lipinski definition) is 1. The van der Waals surface area contributed by atoms with Crippen LogP contribution in [0.3, 0.4) is 0 Å². The van der Waals surface area contributed by atoms with Gasteiger partial charge in [0.15, 0.2) is 5.96 Å². The van der Waals surface area contributed by atoms with E-state index < -0.39 is 0 Å². The normalized spacial score (nSPS) is 16.5. The molecule has 2 rings (SSSR count). The highest BCUT2D eigenvalue weighted by Gasteiger charge is 2.11. The monoisotopic (exact) mass is 261 g/mol. The minimum atomic E-state index is 0.567. The highest BCUT2D eigenvalue weighted by atomic mass is 16.5. The predicted octanol–water partition coefficient (Wildman–Crippen LogP) is 2.17. The fourth-order valence-electron chi connectivity index (χ4n) is 2.18. The molecule has 1 heterocycles. The van der Waals surface area contributed by atoms with E-state index in [9.17, 15) is 0 Å². The second kappa shape index (κ2) is 7.02. The van der Waals surface area contributed by atoms with Gasteiger partial charge in [0, 0.05) is 13.1 Å². The predicted molar refractivity (Wildman–Crippen MR) is 78.6 cm³/mol. The van der Waals surface area contributed by atoms with Gasteiger partial charge in [-0.15, -0.1) is 0 Å². The molecule has 0 amide bonds. The largest absolute Gasteiger partial charge is 0.492 e. The lowest BCUT2D eigenvalue weighted by molar-refractivity contribution is 0.321. The van der Waals surface area contributed by atoms with E-state index in [-0.39, 0.29) is 0 Å². The van der Waals surface area contributed by atoms with Crippen LogP contribution in [0.15, 0.2) is 29.3 Å². The lowest BCUT2D eigenvalue weighted by Gasteiger charge is -2.27. The average molecular weight is 261 g/mol. The van der Waals surface area contributed by atoms with Crippen LogP contribution in [0.2, 0.25) is 0 Å². The van der Waals surface area contributed by atoms with Crippen LogP contribution < -0.4 is 10.5 Å². The molecule has 4 heteroatoms. The summed E-state index contributed by atoms with van der Waals surface area (Å²) in [6, 6.07) is 8.04. The zero-order valence-corrected chi connectivity index (χ0v) is 11.6. The molecule has 2 N–H and O–H groups in total. The van der Waals surface area contributed by atoms with Crippen LogP contribution in [0.25, 0.3) is 0 Å². The Morgan fingerprint density at radius 1 is 1.21 bits per heavy atom. The summed E-state index contributed by atoms with van der Waals surface area (Å²) in [7, 11) is 0.